The van der Waals surface area contributed by atoms with E-state index in [-0.39, 0.29) is 6.03 Å². The van der Waals surface area contributed by atoms with Gasteiger partial charge < -0.3 is 10.4 Å². The molecular formula is C11H16N2O2S. The van der Waals surface area contributed by atoms with Gasteiger partial charge in [0.05, 0.1) is 10.6 Å². The zero-order chi connectivity index (χ0) is 11.6. The number of hydrogen-bond donors (Lipinski definition) is 3. The standard InChI is InChI=1S/C11H16N2O2S/c1-11(15,8-4-5-8)7-12-10(14)13-9-3-2-6-16-9/h2-3,6,8,15H,4-5,7H2,1H3,(H2,12,13,14)/t11-/m0/s1. The number of thiophene rings is 1. The van der Waals surface area contributed by atoms with Crippen LogP contribution in [0.1, 0.15) is 19.8 Å². The van der Waals surface area contributed by atoms with Gasteiger partial charge in [-0.1, -0.05) is 0 Å². The molecule has 1 aromatic heterocycles. The van der Waals surface area contributed by atoms with Crippen molar-refractivity contribution in [1.29, 1.82) is 0 Å². The first-order chi connectivity index (χ1) is 7.58. The highest BCUT2D eigenvalue weighted by molar-refractivity contribution is 7.14. The fraction of sp³-hybridized carbons (Fsp3) is 0.545. The van der Waals surface area contributed by atoms with E-state index >= 15 is 0 Å². The molecule has 0 saturated heterocycles. The van der Waals surface area contributed by atoms with Crippen LogP contribution in [0.5, 0.6) is 0 Å². The van der Waals surface area contributed by atoms with Crippen molar-refractivity contribution in [3.63, 3.8) is 0 Å². The molecule has 1 saturated carbocycles. The summed E-state index contributed by atoms with van der Waals surface area (Å²) in [4.78, 5) is 11.5. The van der Waals surface area contributed by atoms with Gasteiger partial charge in [0.25, 0.3) is 0 Å². The molecule has 1 heterocycles. The van der Waals surface area contributed by atoms with Crippen LogP contribution >= 0.6 is 11.3 Å². The van der Waals surface area contributed by atoms with E-state index < -0.39 is 5.60 Å². The Morgan fingerprint density at radius 1 is 1.69 bits per heavy atom. The third-order valence-corrected chi connectivity index (χ3v) is 3.61. The highest BCUT2D eigenvalue weighted by Crippen LogP contribution is 2.38. The third kappa shape index (κ3) is 2.96. The summed E-state index contributed by atoms with van der Waals surface area (Å²) in [7, 11) is 0. The molecule has 0 bridgehead atoms. The van der Waals surface area contributed by atoms with Gasteiger partial charge in [0, 0.05) is 6.54 Å². The van der Waals surface area contributed by atoms with Crippen molar-refractivity contribution in [2.45, 2.75) is 25.4 Å². The van der Waals surface area contributed by atoms with Crippen molar-refractivity contribution in [3.8, 4) is 0 Å². The molecule has 0 aliphatic heterocycles. The molecular weight excluding hydrogens is 224 g/mol. The van der Waals surface area contributed by atoms with Crippen LogP contribution in [0, 0.1) is 5.92 Å². The predicted octanol–water partition coefficient (Wildman–Crippen LogP) is 2.03. The number of rotatable bonds is 4. The molecule has 0 spiro atoms. The Labute approximate surface area is 98.7 Å². The van der Waals surface area contributed by atoms with E-state index in [9.17, 15) is 9.90 Å². The second kappa shape index (κ2) is 4.43. The number of amides is 2. The van der Waals surface area contributed by atoms with Gasteiger partial charge in [0.1, 0.15) is 0 Å². The van der Waals surface area contributed by atoms with Crippen LogP contribution < -0.4 is 10.6 Å². The van der Waals surface area contributed by atoms with Crippen LogP contribution in [-0.2, 0) is 0 Å². The summed E-state index contributed by atoms with van der Waals surface area (Å²) in [6, 6.07) is 3.45. The van der Waals surface area contributed by atoms with Crippen molar-refractivity contribution in [2.24, 2.45) is 5.92 Å². The maximum atomic E-state index is 11.5. The summed E-state index contributed by atoms with van der Waals surface area (Å²) in [5, 5.41) is 18.1. The molecule has 1 fully saturated rings. The molecule has 0 unspecified atom stereocenters. The zero-order valence-electron chi connectivity index (χ0n) is 9.19. The van der Waals surface area contributed by atoms with Crippen molar-refractivity contribution >= 4 is 22.4 Å². The number of nitrogens with one attached hydrogen (secondary N) is 2. The average molecular weight is 240 g/mol. The third-order valence-electron chi connectivity index (χ3n) is 2.82. The number of hydrogen-bond acceptors (Lipinski definition) is 3. The number of carbonyl (C=O) groups is 1. The first-order valence-electron chi connectivity index (χ1n) is 5.39. The summed E-state index contributed by atoms with van der Waals surface area (Å²) in [5.41, 5.74) is -0.771. The van der Waals surface area contributed by atoms with Crippen molar-refractivity contribution in [2.75, 3.05) is 11.9 Å². The molecule has 1 atom stereocenters. The quantitative estimate of drug-likeness (QED) is 0.754. The molecule has 16 heavy (non-hydrogen) atoms. The molecule has 1 aliphatic carbocycles. The molecule has 3 N–H and O–H groups in total. The van der Waals surface area contributed by atoms with E-state index in [1.54, 1.807) is 6.92 Å². The van der Waals surface area contributed by atoms with Crippen LogP contribution in [-0.4, -0.2) is 23.3 Å². The molecule has 5 heteroatoms. The lowest BCUT2D eigenvalue weighted by Crippen LogP contribution is -2.43. The zero-order valence-corrected chi connectivity index (χ0v) is 10.0. The van der Waals surface area contributed by atoms with Gasteiger partial charge in [0.2, 0.25) is 0 Å². The average Bonchev–Trinajstić information content (AvgIpc) is 2.98. The maximum absolute atomic E-state index is 11.5. The van der Waals surface area contributed by atoms with Crippen LogP contribution in [0.3, 0.4) is 0 Å². The van der Waals surface area contributed by atoms with Gasteiger partial charge in [-0.25, -0.2) is 4.79 Å². The van der Waals surface area contributed by atoms with Crippen LogP contribution in [0.25, 0.3) is 0 Å². The maximum Gasteiger partial charge on any atom is 0.319 e. The first-order valence-corrected chi connectivity index (χ1v) is 6.26. The molecule has 2 rings (SSSR count). The highest BCUT2D eigenvalue weighted by atomic mass is 32.1. The summed E-state index contributed by atoms with van der Waals surface area (Å²) in [6.45, 7) is 2.07. The van der Waals surface area contributed by atoms with Gasteiger partial charge in [-0.15, -0.1) is 11.3 Å². The Balaban J connectivity index is 1.75. The fourth-order valence-corrected chi connectivity index (χ4v) is 2.23. The van der Waals surface area contributed by atoms with E-state index in [1.807, 2.05) is 17.5 Å². The molecule has 2 amide bonds. The lowest BCUT2D eigenvalue weighted by molar-refractivity contribution is 0.0399. The highest BCUT2D eigenvalue weighted by Gasteiger charge is 2.39. The smallest absolute Gasteiger partial charge is 0.319 e. The van der Waals surface area contributed by atoms with Crippen LogP contribution in [0.4, 0.5) is 9.80 Å². The van der Waals surface area contributed by atoms with E-state index in [4.69, 9.17) is 0 Å². The van der Waals surface area contributed by atoms with Gasteiger partial charge >= 0.3 is 6.03 Å². The number of urea groups is 1. The van der Waals surface area contributed by atoms with E-state index in [0.717, 1.165) is 17.8 Å². The lowest BCUT2D eigenvalue weighted by atomic mass is 10.0. The van der Waals surface area contributed by atoms with Gasteiger partial charge in [-0.05, 0) is 43.2 Å². The Kier molecular flexibility index (Phi) is 3.16. The summed E-state index contributed by atoms with van der Waals surface area (Å²) >= 11 is 1.47. The molecule has 4 nitrogen and oxygen atoms in total. The summed E-state index contributed by atoms with van der Waals surface area (Å²) in [6.07, 6.45) is 2.11. The molecule has 1 aromatic rings. The topological polar surface area (TPSA) is 61.4 Å². The Morgan fingerprint density at radius 2 is 2.44 bits per heavy atom. The van der Waals surface area contributed by atoms with E-state index in [1.165, 1.54) is 11.3 Å². The van der Waals surface area contributed by atoms with Crippen LogP contribution in [0.15, 0.2) is 17.5 Å². The number of aliphatic hydroxyl groups is 1. The van der Waals surface area contributed by atoms with Crippen molar-refractivity contribution < 1.29 is 9.90 Å². The normalized spacial score (nSPS) is 18.9. The minimum absolute atomic E-state index is 0.261. The van der Waals surface area contributed by atoms with Gasteiger partial charge in [-0.2, -0.15) is 0 Å². The summed E-state index contributed by atoms with van der Waals surface area (Å²) in [5.74, 6) is 0.342. The Hall–Kier alpha value is -1.07. The number of carbonyl (C=O) groups excluding carboxylic acids is 1. The minimum Gasteiger partial charge on any atom is -0.388 e. The van der Waals surface area contributed by atoms with Crippen molar-refractivity contribution in [3.05, 3.63) is 17.5 Å². The molecule has 1 aliphatic rings. The Morgan fingerprint density at radius 3 is 3.00 bits per heavy atom. The summed E-state index contributed by atoms with van der Waals surface area (Å²) < 4.78 is 0. The fourth-order valence-electron chi connectivity index (χ4n) is 1.61. The Bertz CT molecular complexity index is 358. The van der Waals surface area contributed by atoms with Gasteiger partial charge in [-0.3, -0.25) is 5.32 Å². The predicted molar refractivity (Wildman–Crippen MR) is 64.7 cm³/mol. The van der Waals surface area contributed by atoms with E-state index in [2.05, 4.69) is 10.6 Å². The molecule has 0 aromatic carbocycles. The second-order valence-corrected chi connectivity index (χ2v) is 5.36. The van der Waals surface area contributed by atoms with Crippen molar-refractivity contribution in [1.82, 2.24) is 5.32 Å². The minimum atomic E-state index is -0.771. The van der Waals surface area contributed by atoms with Gasteiger partial charge in [0.15, 0.2) is 0 Å². The monoisotopic (exact) mass is 240 g/mol. The second-order valence-electron chi connectivity index (χ2n) is 4.42. The first kappa shape index (κ1) is 11.4. The lowest BCUT2D eigenvalue weighted by Gasteiger charge is -2.23. The largest absolute Gasteiger partial charge is 0.388 e. The molecule has 88 valence electrons. The number of anilines is 1. The van der Waals surface area contributed by atoms with E-state index in [0.29, 0.717) is 12.5 Å². The SMILES string of the molecule is C[C@](O)(CNC(=O)Nc1cccs1)C1CC1. The molecule has 0 radical (unpaired) electrons. The van der Waals surface area contributed by atoms with Crippen LogP contribution in [0.2, 0.25) is 0 Å².